The lowest BCUT2D eigenvalue weighted by Crippen LogP contribution is -2.05. The fourth-order valence-electron chi connectivity index (χ4n) is 8.26. The quantitative estimate of drug-likeness (QED) is 0.180. The van der Waals surface area contributed by atoms with Gasteiger partial charge in [-0.1, -0.05) is 108 Å². The molecule has 0 spiro atoms. The molecule has 0 bridgehead atoms. The predicted molar refractivity (Wildman–Crippen MR) is 223 cm³/mol. The van der Waals surface area contributed by atoms with Gasteiger partial charge in [0.05, 0.1) is 33.4 Å². The van der Waals surface area contributed by atoms with Gasteiger partial charge in [0.2, 0.25) is 0 Å². The summed E-state index contributed by atoms with van der Waals surface area (Å²) in [6.45, 7) is 4.26. The molecule has 10 rings (SSSR count). The molecule has 0 radical (unpaired) electrons. The van der Waals surface area contributed by atoms with Gasteiger partial charge in [-0.3, -0.25) is 4.98 Å². The average Bonchev–Trinajstić information content (AvgIpc) is 3.73. The maximum absolute atomic E-state index is 11.3. The van der Waals surface area contributed by atoms with E-state index in [1.807, 2.05) is 24.5 Å². The minimum absolute atomic E-state index is 0.601. The van der Waals surface area contributed by atoms with Crippen LogP contribution in [-0.2, 0) is 0 Å². The van der Waals surface area contributed by atoms with E-state index in [1.165, 1.54) is 22.3 Å². The Hall–Kier alpha value is -7.22. The Morgan fingerprint density at radius 3 is 1.35 bits per heavy atom. The zero-order valence-corrected chi connectivity index (χ0v) is 30.0. The fraction of sp³-hybridized carbons (Fsp3) is 0.0400. The van der Waals surface area contributed by atoms with Crippen molar-refractivity contribution in [3.05, 3.63) is 187 Å². The van der Waals surface area contributed by atoms with Crippen molar-refractivity contribution in [1.82, 2.24) is 14.1 Å². The van der Waals surface area contributed by atoms with Gasteiger partial charge in [-0.15, -0.1) is 0 Å². The van der Waals surface area contributed by atoms with Gasteiger partial charge in [0, 0.05) is 33.9 Å². The summed E-state index contributed by atoms with van der Waals surface area (Å²) in [5.41, 5.74) is 15.6. The van der Waals surface area contributed by atoms with E-state index in [2.05, 4.69) is 180 Å². The molecule has 0 N–H and O–H groups in total. The zero-order valence-electron chi connectivity index (χ0n) is 30.0. The highest BCUT2D eigenvalue weighted by Gasteiger charge is 2.23. The van der Waals surface area contributed by atoms with Crippen molar-refractivity contribution in [3.63, 3.8) is 0 Å². The number of hydrogen-bond donors (Lipinski definition) is 0. The van der Waals surface area contributed by atoms with Gasteiger partial charge in [-0.2, -0.15) is 5.26 Å². The molecule has 0 amide bonds. The van der Waals surface area contributed by atoms with E-state index in [0.717, 1.165) is 77.2 Å². The summed E-state index contributed by atoms with van der Waals surface area (Å²) in [5, 5.41) is 15.9. The molecule has 0 fully saturated rings. The molecule has 3 aromatic heterocycles. The van der Waals surface area contributed by atoms with Crippen LogP contribution in [0.3, 0.4) is 0 Å². The summed E-state index contributed by atoms with van der Waals surface area (Å²) >= 11 is 0. The fourth-order valence-corrected chi connectivity index (χ4v) is 8.26. The first-order valence-corrected chi connectivity index (χ1v) is 18.3. The minimum Gasteiger partial charge on any atom is -0.308 e. The molecule has 4 nitrogen and oxygen atoms in total. The Bertz CT molecular complexity index is 2950. The molecule has 4 heteroatoms. The second kappa shape index (κ2) is 12.5. The van der Waals surface area contributed by atoms with Crippen LogP contribution in [0.1, 0.15) is 16.7 Å². The number of aromatic nitrogens is 3. The molecular weight excluding hydrogens is 657 g/mol. The topological polar surface area (TPSA) is 46.5 Å². The van der Waals surface area contributed by atoms with Gasteiger partial charge >= 0.3 is 0 Å². The van der Waals surface area contributed by atoms with Crippen molar-refractivity contribution in [2.24, 2.45) is 0 Å². The first kappa shape index (κ1) is 31.5. The molecule has 0 saturated heterocycles. The van der Waals surface area contributed by atoms with E-state index >= 15 is 0 Å². The van der Waals surface area contributed by atoms with Gasteiger partial charge < -0.3 is 9.13 Å². The third-order valence-electron chi connectivity index (χ3n) is 10.8. The molecule has 54 heavy (non-hydrogen) atoms. The standard InChI is InChI=1S/C50H34N4/c1-32-9-7-11-35(25-32)37-17-19-47-42(27-37)40-13-3-5-15-45(40)53(47)49-29-39(34-21-23-52-24-22-34)30-50(44(49)31-51)54-46-16-6-4-14-41(46)43-28-38(18-20-48(43)54)36-12-8-10-33(2)26-36/h3-30H,1-2H3. The van der Waals surface area contributed by atoms with Crippen LogP contribution in [0.5, 0.6) is 0 Å². The third-order valence-corrected chi connectivity index (χ3v) is 10.8. The number of hydrogen-bond acceptors (Lipinski definition) is 2. The molecule has 0 unspecified atom stereocenters. The number of aryl methyl sites for hydroxylation is 2. The van der Waals surface area contributed by atoms with E-state index < -0.39 is 0 Å². The summed E-state index contributed by atoms with van der Waals surface area (Å²) in [4.78, 5) is 4.33. The van der Waals surface area contributed by atoms with Crippen LogP contribution in [0.2, 0.25) is 0 Å². The highest BCUT2D eigenvalue weighted by molar-refractivity contribution is 6.12. The van der Waals surface area contributed by atoms with E-state index in [1.54, 1.807) is 0 Å². The molecule has 254 valence electrons. The van der Waals surface area contributed by atoms with Gasteiger partial charge in [0.25, 0.3) is 0 Å². The van der Waals surface area contributed by atoms with E-state index in [4.69, 9.17) is 0 Å². The Kier molecular flexibility index (Phi) is 7.28. The largest absolute Gasteiger partial charge is 0.308 e. The summed E-state index contributed by atoms with van der Waals surface area (Å²) in [6.07, 6.45) is 3.65. The molecule has 0 atom stereocenters. The van der Waals surface area contributed by atoms with E-state index in [-0.39, 0.29) is 0 Å². The number of nitriles is 1. The SMILES string of the molecule is Cc1cccc(-c2ccc3c(c2)c2ccccc2n3-c2cc(-c3ccncc3)cc(-n3c4ccccc4c4cc(-c5cccc(C)c5)ccc43)c2C#N)c1. The molecule has 3 heterocycles. The molecule has 10 aromatic rings. The van der Waals surface area contributed by atoms with E-state index in [0.29, 0.717) is 5.56 Å². The number of rotatable bonds is 5. The summed E-state index contributed by atoms with van der Waals surface area (Å²) in [6, 6.07) is 58.9. The van der Waals surface area contributed by atoms with Gasteiger partial charge in [-0.05, 0) is 108 Å². The predicted octanol–water partition coefficient (Wildman–Crippen LogP) is 12.8. The van der Waals surface area contributed by atoms with Crippen molar-refractivity contribution in [1.29, 1.82) is 5.26 Å². The van der Waals surface area contributed by atoms with Crippen LogP contribution in [0.15, 0.2) is 170 Å². The molecule has 0 aliphatic carbocycles. The lowest BCUT2D eigenvalue weighted by Gasteiger charge is -2.18. The molecular formula is C50H34N4. The molecule has 0 aliphatic rings. The van der Waals surface area contributed by atoms with Crippen molar-refractivity contribution in [3.8, 4) is 50.8 Å². The highest BCUT2D eigenvalue weighted by Crippen LogP contribution is 2.41. The van der Waals surface area contributed by atoms with E-state index in [9.17, 15) is 5.26 Å². The van der Waals surface area contributed by atoms with Crippen LogP contribution in [0.25, 0.3) is 88.4 Å². The highest BCUT2D eigenvalue weighted by atomic mass is 15.0. The summed E-state index contributed by atoms with van der Waals surface area (Å²) in [7, 11) is 0. The number of benzene rings is 7. The van der Waals surface area contributed by atoms with Crippen LogP contribution >= 0.6 is 0 Å². The van der Waals surface area contributed by atoms with Crippen LogP contribution < -0.4 is 0 Å². The smallest absolute Gasteiger partial charge is 0.104 e. The Balaban J connectivity index is 1.29. The second-order valence-electron chi connectivity index (χ2n) is 14.1. The third kappa shape index (κ3) is 5.02. The zero-order chi connectivity index (χ0) is 36.3. The lowest BCUT2D eigenvalue weighted by molar-refractivity contribution is 1.12. The second-order valence-corrected chi connectivity index (χ2v) is 14.1. The Morgan fingerprint density at radius 1 is 0.407 bits per heavy atom. The van der Waals surface area contributed by atoms with Crippen molar-refractivity contribution < 1.29 is 0 Å². The van der Waals surface area contributed by atoms with Crippen molar-refractivity contribution in [2.75, 3.05) is 0 Å². The van der Waals surface area contributed by atoms with Crippen LogP contribution in [-0.4, -0.2) is 14.1 Å². The normalized spacial score (nSPS) is 11.5. The number of fused-ring (bicyclic) bond motifs is 6. The first-order valence-electron chi connectivity index (χ1n) is 18.3. The Labute approximate surface area is 313 Å². The van der Waals surface area contributed by atoms with Gasteiger partial charge in [0.15, 0.2) is 0 Å². The molecule has 0 saturated carbocycles. The maximum Gasteiger partial charge on any atom is 0.104 e. The first-order chi connectivity index (χ1) is 26.6. The molecule has 7 aromatic carbocycles. The van der Waals surface area contributed by atoms with Crippen molar-refractivity contribution in [2.45, 2.75) is 13.8 Å². The number of pyridine rings is 1. The maximum atomic E-state index is 11.3. The van der Waals surface area contributed by atoms with Crippen LogP contribution in [0, 0.1) is 25.2 Å². The Morgan fingerprint density at radius 2 is 0.870 bits per heavy atom. The lowest BCUT2D eigenvalue weighted by atomic mass is 10.00. The average molecular weight is 691 g/mol. The van der Waals surface area contributed by atoms with Gasteiger partial charge in [0.1, 0.15) is 11.6 Å². The van der Waals surface area contributed by atoms with Crippen molar-refractivity contribution >= 4 is 43.6 Å². The summed E-state index contributed by atoms with van der Waals surface area (Å²) in [5.74, 6) is 0. The van der Waals surface area contributed by atoms with Crippen LogP contribution in [0.4, 0.5) is 0 Å². The minimum atomic E-state index is 0.601. The number of para-hydroxylation sites is 2. The summed E-state index contributed by atoms with van der Waals surface area (Å²) < 4.78 is 4.56. The molecule has 0 aliphatic heterocycles. The van der Waals surface area contributed by atoms with Gasteiger partial charge in [-0.25, -0.2) is 0 Å². The number of nitrogens with zero attached hydrogens (tertiary/aromatic N) is 4. The monoisotopic (exact) mass is 690 g/mol.